The maximum Gasteiger partial charge on any atom is 0.263 e. The van der Waals surface area contributed by atoms with Crippen molar-refractivity contribution in [2.45, 2.75) is 18.2 Å². The minimum atomic E-state index is -3.69. The van der Waals surface area contributed by atoms with Gasteiger partial charge in [-0.25, -0.2) is 13.4 Å². The monoisotopic (exact) mass is 287 g/mol. The molecule has 5 nitrogen and oxygen atoms in total. The molecule has 1 heterocycles. The van der Waals surface area contributed by atoms with Crippen LogP contribution in [0, 0.1) is 11.3 Å². The molecule has 2 aromatic rings. The summed E-state index contributed by atoms with van der Waals surface area (Å²) < 4.78 is 26.8. The SMILES string of the molecule is CCc1ccnc(NS(=O)(=O)c2ccc(C#N)cc2)c1. The van der Waals surface area contributed by atoms with Crippen LogP contribution in [-0.4, -0.2) is 13.4 Å². The van der Waals surface area contributed by atoms with Crippen molar-refractivity contribution >= 4 is 15.8 Å². The lowest BCUT2D eigenvalue weighted by atomic mass is 10.2. The van der Waals surface area contributed by atoms with Crippen LogP contribution >= 0.6 is 0 Å². The first-order valence-electron chi connectivity index (χ1n) is 6.03. The molecule has 1 aromatic carbocycles. The van der Waals surface area contributed by atoms with Crippen molar-refractivity contribution in [1.29, 1.82) is 5.26 Å². The zero-order valence-corrected chi connectivity index (χ0v) is 11.7. The van der Waals surface area contributed by atoms with Crippen molar-refractivity contribution in [2.24, 2.45) is 0 Å². The Hall–Kier alpha value is -2.39. The predicted octanol–water partition coefficient (Wildman–Crippen LogP) is 2.32. The summed E-state index contributed by atoms with van der Waals surface area (Å²) in [4.78, 5) is 4.09. The van der Waals surface area contributed by atoms with Crippen LogP contribution in [0.5, 0.6) is 0 Å². The molecule has 1 aromatic heterocycles. The number of anilines is 1. The Balaban J connectivity index is 2.28. The van der Waals surface area contributed by atoms with E-state index in [0.29, 0.717) is 5.56 Å². The minimum absolute atomic E-state index is 0.0974. The molecule has 0 radical (unpaired) electrons. The molecule has 0 spiro atoms. The van der Waals surface area contributed by atoms with Gasteiger partial charge in [-0.2, -0.15) is 5.26 Å². The van der Waals surface area contributed by atoms with E-state index in [1.807, 2.05) is 19.1 Å². The summed E-state index contributed by atoms with van der Waals surface area (Å²) in [6, 6.07) is 11.2. The average molecular weight is 287 g/mol. The highest BCUT2D eigenvalue weighted by atomic mass is 32.2. The molecule has 2 rings (SSSR count). The summed E-state index contributed by atoms with van der Waals surface area (Å²) in [5.74, 6) is 0.286. The van der Waals surface area contributed by atoms with E-state index in [1.54, 1.807) is 12.3 Å². The number of sulfonamides is 1. The van der Waals surface area contributed by atoms with Crippen LogP contribution in [0.2, 0.25) is 0 Å². The van der Waals surface area contributed by atoms with Gasteiger partial charge in [0.25, 0.3) is 10.0 Å². The van der Waals surface area contributed by atoms with E-state index in [0.717, 1.165) is 12.0 Å². The average Bonchev–Trinajstić information content (AvgIpc) is 2.47. The van der Waals surface area contributed by atoms with Gasteiger partial charge in [0.1, 0.15) is 5.82 Å². The van der Waals surface area contributed by atoms with Gasteiger partial charge in [0.2, 0.25) is 0 Å². The largest absolute Gasteiger partial charge is 0.263 e. The van der Waals surface area contributed by atoms with Gasteiger partial charge in [-0.1, -0.05) is 6.92 Å². The van der Waals surface area contributed by atoms with Gasteiger partial charge < -0.3 is 0 Å². The number of nitrogens with one attached hydrogen (secondary N) is 1. The van der Waals surface area contributed by atoms with Crippen molar-refractivity contribution in [3.05, 3.63) is 53.7 Å². The van der Waals surface area contributed by atoms with Crippen molar-refractivity contribution in [2.75, 3.05) is 4.72 Å². The molecule has 20 heavy (non-hydrogen) atoms. The number of aryl methyl sites for hydroxylation is 1. The molecule has 0 unspecified atom stereocenters. The number of pyridine rings is 1. The summed E-state index contributed by atoms with van der Waals surface area (Å²) in [6.45, 7) is 1.98. The topological polar surface area (TPSA) is 82.8 Å². The van der Waals surface area contributed by atoms with Gasteiger partial charge in [-0.05, 0) is 48.4 Å². The molecular formula is C14H13N3O2S. The molecule has 6 heteroatoms. The van der Waals surface area contributed by atoms with Crippen molar-refractivity contribution in [3.63, 3.8) is 0 Å². The zero-order valence-electron chi connectivity index (χ0n) is 10.9. The molecule has 0 amide bonds. The number of nitriles is 1. The van der Waals surface area contributed by atoms with Crippen molar-refractivity contribution in [3.8, 4) is 6.07 Å². The summed E-state index contributed by atoms with van der Waals surface area (Å²) >= 11 is 0. The van der Waals surface area contributed by atoms with Gasteiger partial charge in [0.15, 0.2) is 0 Å². The van der Waals surface area contributed by atoms with E-state index in [4.69, 9.17) is 5.26 Å². The highest BCUT2D eigenvalue weighted by Crippen LogP contribution is 2.16. The molecule has 0 saturated heterocycles. The summed E-state index contributed by atoms with van der Waals surface area (Å²) in [6.07, 6.45) is 2.36. The lowest BCUT2D eigenvalue weighted by molar-refractivity contribution is 0.601. The molecule has 102 valence electrons. The fraction of sp³-hybridized carbons (Fsp3) is 0.143. The van der Waals surface area contributed by atoms with Gasteiger partial charge in [0.05, 0.1) is 16.5 Å². The second-order valence-electron chi connectivity index (χ2n) is 4.14. The first kappa shape index (κ1) is 14.0. The fourth-order valence-corrected chi connectivity index (χ4v) is 2.65. The van der Waals surface area contributed by atoms with Crippen molar-refractivity contribution < 1.29 is 8.42 Å². The third kappa shape index (κ3) is 3.13. The molecule has 0 saturated carbocycles. The molecule has 0 bridgehead atoms. The van der Waals surface area contributed by atoms with E-state index >= 15 is 0 Å². The summed E-state index contributed by atoms with van der Waals surface area (Å²) in [5.41, 5.74) is 1.41. The highest BCUT2D eigenvalue weighted by molar-refractivity contribution is 7.92. The molecule has 0 aliphatic heterocycles. The number of aromatic nitrogens is 1. The van der Waals surface area contributed by atoms with Crippen LogP contribution in [0.3, 0.4) is 0 Å². The van der Waals surface area contributed by atoms with Gasteiger partial charge in [-0.3, -0.25) is 4.72 Å². The quantitative estimate of drug-likeness (QED) is 0.935. The Bertz CT molecular complexity index is 747. The molecule has 1 N–H and O–H groups in total. The van der Waals surface area contributed by atoms with E-state index in [1.165, 1.54) is 24.3 Å². The molecule has 0 aliphatic carbocycles. The predicted molar refractivity (Wildman–Crippen MR) is 75.6 cm³/mol. The number of benzene rings is 1. The number of hydrogen-bond acceptors (Lipinski definition) is 4. The zero-order chi connectivity index (χ0) is 14.6. The van der Waals surface area contributed by atoms with Gasteiger partial charge >= 0.3 is 0 Å². The van der Waals surface area contributed by atoms with Crippen molar-refractivity contribution in [1.82, 2.24) is 4.98 Å². The molecule has 0 fully saturated rings. The van der Waals surface area contributed by atoms with Crippen LogP contribution in [0.4, 0.5) is 5.82 Å². The number of hydrogen-bond donors (Lipinski definition) is 1. The van der Waals surface area contributed by atoms with Gasteiger partial charge in [-0.15, -0.1) is 0 Å². The van der Waals surface area contributed by atoms with Gasteiger partial charge in [0, 0.05) is 6.20 Å². The van der Waals surface area contributed by atoms with E-state index in [-0.39, 0.29) is 10.7 Å². The van der Waals surface area contributed by atoms with Crippen LogP contribution in [0.15, 0.2) is 47.5 Å². The van der Waals surface area contributed by atoms with Crippen LogP contribution < -0.4 is 4.72 Å². The Labute approximate surface area is 118 Å². The molecular weight excluding hydrogens is 274 g/mol. The highest BCUT2D eigenvalue weighted by Gasteiger charge is 2.14. The lowest BCUT2D eigenvalue weighted by Gasteiger charge is -2.08. The summed E-state index contributed by atoms with van der Waals surface area (Å²) in [5, 5.41) is 8.70. The number of rotatable bonds is 4. The fourth-order valence-electron chi connectivity index (χ4n) is 1.66. The Morgan fingerprint density at radius 2 is 1.95 bits per heavy atom. The van der Waals surface area contributed by atoms with Crippen LogP contribution in [0.25, 0.3) is 0 Å². The van der Waals surface area contributed by atoms with E-state index in [2.05, 4.69) is 9.71 Å². The Morgan fingerprint density at radius 3 is 2.55 bits per heavy atom. The minimum Gasteiger partial charge on any atom is -0.263 e. The standard InChI is InChI=1S/C14H13N3O2S/c1-2-11-7-8-16-14(9-11)17-20(18,19)13-5-3-12(10-15)4-6-13/h3-9H,2H2,1H3,(H,16,17). The molecule has 0 atom stereocenters. The first-order valence-corrected chi connectivity index (χ1v) is 7.51. The van der Waals surface area contributed by atoms with Crippen LogP contribution in [0.1, 0.15) is 18.1 Å². The Kier molecular flexibility index (Phi) is 4.01. The second kappa shape index (κ2) is 5.72. The maximum absolute atomic E-state index is 12.2. The van der Waals surface area contributed by atoms with E-state index in [9.17, 15) is 8.42 Å². The molecule has 0 aliphatic rings. The third-order valence-electron chi connectivity index (χ3n) is 2.77. The summed E-state index contributed by atoms with van der Waals surface area (Å²) in [7, 11) is -3.69. The smallest absolute Gasteiger partial charge is 0.263 e. The Morgan fingerprint density at radius 1 is 1.25 bits per heavy atom. The van der Waals surface area contributed by atoms with Crippen LogP contribution in [-0.2, 0) is 16.4 Å². The first-order chi connectivity index (χ1) is 9.55. The van der Waals surface area contributed by atoms with E-state index < -0.39 is 10.0 Å². The normalized spacial score (nSPS) is 10.8. The number of nitrogens with zero attached hydrogens (tertiary/aromatic N) is 2. The second-order valence-corrected chi connectivity index (χ2v) is 5.83. The maximum atomic E-state index is 12.2. The lowest BCUT2D eigenvalue weighted by Crippen LogP contribution is -2.14. The third-order valence-corrected chi connectivity index (χ3v) is 4.14.